The fourth-order valence-electron chi connectivity index (χ4n) is 10.1. The first-order chi connectivity index (χ1) is 29.6. The summed E-state index contributed by atoms with van der Waals surface area (Å²) in [4.78, 5) is 0. The molecular weight excluding hydrogens is 725 g/mol. The van der Waals surface area contributed by atoms with Gasteiger partial charge < -0.3 is 9.13 Å². The predicted molar refractivity (Wildman–Crippen MR) is 256 cm³/mol. The lowest BCUT2D eigenvalue weighted by Crippen LogP contribution is -1.99. The van der Waals surface area contributed by atoms with Gasteiger partial charge in [0.15, 0.2) is 0 Å². The number of rotatable bonds is 5. The number of para-hydroxylation sites is 3. The first-order valence-electron chi connectivity index (χ1n) is 20.9. The van der Waals surface area contributed by atoms with Crippen molar-refractivity contribution in [3.05, 3.63) is 217 Å². The minimum Gasteiger partial charge on any atom is -0.309 e. The molecule has 0 fully saturated rings. The average molecular weight is 765 g/mol. The SMILES string of the molecule is Cc1cc(-n2c3ccccc3c3ccccc32)c(C)cc1-c1ccc2c(c1)c1ccccc1n2-c1ccc(-c2c3ccccc3c(-c3ccccc3)c3ccccc23)cc1. The molecular formula is C58H40N2. The Morgan fingerprint density at radius 3 is 1.25 bits per heavy atom. The van der Waals surface area contributed by atoms with Gasteiger partial charge in [0.05, 0.1) is 22.1 Å². The highest BCUT2D eigenvalue weighted by Crippen LogP contribution is 2.44. The fraction of sp³-hybridized carbons (Fsp3) is 0.0345. The molecule has 60 heavy (non-hydrogen) atoms. The van der Waals surface area contributed by atoms with Crippen molar-refractivity contribution in [2.45, 2.75) is 13.8 Å². The molecule has 0 saturated carbocycles. The summed E-state index contributed by atoms with van der Waals surface area (Å²) in [6.45, 7) is 4.50. The van der Waals surface area contributed by atoms with Gasteiger partial charge in [-0.05, 0) is 134 Å². The molecule has 0 atom stereocenters. The Balaban J connectivity index is 0.978. The van der Waals surface area contributed by atoms with Gasteiger partial charge >= 0.3 is 0 Å². The lowest BCUT2D eigenvalue weighted by atomic mass is 9.86. The number of hydrogen-bond acceptors (Lipinski definition) is 0. The Bertz CT molecular complexity index is 3550. The highest BCUT2D eigenvalue weighted by Gasteiger charge is 2.19. The number of aromatic nitrogens is 2. The summed E-state index contributed by atoms with van der Waals surface area (Å²) in [6.07, 6.45) is 0. The maximum atomic E-state index is 2.43. The average Bonchev–Trinajstić information content (AvgIpc) is 3.82. The largest absolute Gasteiger partial charge is 0.309 e. The van der Waals surface area contributed by atoms with Gasteiger partial charge in [-0.1, -0.05) is 152 Å². The topological polar surface area (TPSA) is 9.86 Å². The van der Waals surface area contributed by atoms with Crippen molar-refractivity contribution in [1.29, 1.82) is 0 Å². The zero-order chi connectivity index (χ0) is 39.9. The quantitative estimate of drug-likeness (QED) is 0.155. The van der Waals surface area contributed by atoms with E-state index in [1.165, 1.54) is 115 Å². The lowest BCUT2D eigenvalue weighted by Gasteiger charge is -2.18. The summed E-state index contributed by atoms with van der Waals surface area (Å²) in [5.41, 5.74) is 17.3. The van der Waals surface area contributed by atoms with Crippen molar-refractivity contribution in [2.75, 3.05) is 0 Å². The summed E-state index contributed by atoms with van der Waals surface area (Å²) in [7, 11) is 0. The minimum atomic E-state index is 1.15. The molecule has 0 aliphatic rings. The second-order valence-electron chi connectivity index (χ2n) is 16.2. The van der Waals surface area contributed by atoms with Crippen LogP contribution in [0.1, 0.15) is 11.1 Å². The maximum absolute atomic E-state index is 2.43. The zero-order valence-electron chi connectivity index (χ0n) is 33.5. The zero-order valence-corrected chi connectivity index (χ0v) is 33.5. The molecule has 2 heterocycles. The molecule has 12 aromatic rings. The third kappa shape index (κ3) is 5.14. The van der Waals surface area contributed by atoms with Gasteiger partial charge in [0.25, 0.3) is 0 Å². The van der Waals surface area contributed by atoms with Crippen LogP contribution in [0.25, 0.3) is 110 Å². The van der Waals surface area contributed by atoms with Crippen molar-refractivity contribution in [3.8, 4) is 44.8 Å². The Kier molecular flexibility index (Phi) is 7.70. The summed E-state index contributed by atoms with van der Waals surface area (Å²) < 4.78 is 4.86. The van der Waals surface area contributed by atoms with E-state index in [9.17, 15) is 0 Å². The molecule has 2 nitrogen and oxygen atoms in total. The van der Waals surface area contributed by atoms with E-state index in [2.05, 4.69) is 229 Å². The summed E-state index contributed by atoms with van der Waals surface area (Å²) in [5, 5.41) is 10.1. The Morgan fingerprint density at radius 1 is 0.283 bits per heavy atom. The monoisotopic (exact) mass is 764 g/mol. The fourth-order valence-corrected chi connectivity index (χ4v) is 10.1. The minimum absolute atomic E-state index is 1.15. The van der Waals surface area contributed by atoms with E-state index in [4.69, 9.17) is 0 Å². The standard InChI is InChI=1S/C58H40N2/c1-37-35-56(60-53-26-14-10-18-43(53)44-19-11-15-27-54(44)60)38(2)34-50(37)41-30-33-55-51(36-41)45-20-12-13-25-52(45)59(55)42-31-28-40(29-32-42)58-48-23-8-6-21-46(48)57(39-16-4-3-5-17-39)47-22-7-9-24-49(47)58/h3-36H,1-2H3. The smallest absolute Gasteiger partial charge is 0.0541 e. The van der Waals surface area contributed by atoms with Crippen molar-refractivity contribution in [2.24, 2.45) is 0 Å². The van der Waals surface area contributed by atoms with Crippen LogP contribution in [-0.4, -0.2) is 9.13 Å². The van der Waals surface area contributed by atoms with Crippen LogP contribution in [0.3, 0.4) is 0 Å². The highest BCUT2D eigenvalue weighted by atomic mass is 15.0. The van der Waals surface area contributed by atoms with Gasteiger partial charge in [0, 0.05) is 32.9 Å². The Hall–Kier alpha value is -7.68. The molecule has 2 aromatic heterocycles. The van der Waals surface area contributed by atoms with Crippen LogP contribution in [-0.2, 0) is 0 Å². The maximum Gasteiger partial charge on any atom is 0.0541 e. The van der Waals surface area contributed by atoms with Crippen molar-refractivity contribution >= 4 is 65.2 Å². The normalized spacial score (nSPS) is 11.8. The molecule has 0 N–H and O–H groups in total. The van der Waals surface area contributed by atoms with Crippen LogP contribution in [0, 0.1) is 13.8 Å². The van der Waals surface area contributed by atoms with Crippen LogP contribution in [0.5, 0.6) is 0 Å². The molecule has 0 radical (unpaired) electrons. The van der Waals surface area contributed by atoms with E-state index in [0.717, 1.165) is 5.69 Å². The molecule has 282 valence electrons. The van der Waals surface area contributed by atoms with Gasteiger partial charge in [-0.2, -0.15) is 0 Å². The Morgan fingerprint density at radius 2 is 0.700 bits per heavy atom. The van der Waals surface area contributed by atoms with Gasteiger partial charge in [-0.15, -0.1) is 0 Å². The molecule has 0 amide bonds. The lowest BCUT2D eigenvalue weighted by molar-refractivity contribution is 1.14. The van der Waals surface area contributed by atoms with Crippen LogP contribution < -0.4 is 0 Å². The van der Waals surface area contributed by atoms with Crippen molar-refractivity contribution < 1.29 is 0 Å². The number of benzene rings is 10. The molecule has 0 bridgehead atoms. The third-order valence-corrected chi connectivity index (χ3v) is 12.8. The number of nitrogens with zero attached hydrogens (tertiary/aromatic N) is 2. The van der Waals surface area contributed by atoms with Crippen molar-refractivity contribution in [3.63, 3.8) is 0 Å². The van der Waals surface area contributed by atoms with E-state index in [1.54, 1.807) is 0 Å². The van der Waals surface area contributed by atoms with Gasteiger partial charge in [0.2, 0.25) is 0 Å². The van der Waals surface area contributed by atoms with Crippen LogP contribution in [0.2, 0.25) is 0 Å². The molecule has 2 heteroatoms. The van der Waals surface area contributed by atoms with Crippen LogP contribution >= 0.6 is 0 Å². The van der Waals surface area contributed by atoms with E-state index in [1.807, 2.05) is 0 Å². The molecule has 0 unspecified atom stereocenters. The molecule has 0 saturated heterocycles. The van der Waals surface area contributed by atoms with E-state index >= 15 is 0 Å². The summed E-state index contributed by atoms with van der Waals surface area (Å²) in [5.74, 6) is 0. The first-order valence-corrected chi connectivity index (χ1v) is 20.9. The van der Waals surface area contributed by atoms with Gasteiger partial charge in [-0.25, -0.2) is 0 Å². The number of aryl methyl sites for hydroxylation is 2. The second-order valence-corrected chi connectivity index (χ2v) is 16.2. The molecule has 0 aliphatic heterocycles. The van der Waals surface area contributed by atoms with Crippen LogP contribution in [0.15, 0.2) is 206 Å². The summed E-state index contributed by atoms with van der Waals surface area (Å²) in [6, 6.07) is 75.9. The molecule has 0 spiro atoms. The van der Waals surface area contributed by atoms with Crippen molar-refractivity contribution in [1.82, 2.24) is 9.13 Å². The van der Waals surface area contributed by atoms with Gasteiger partial charge in [-0.3, -0.25) is 0 Å². The Labute approximate surface area is 348 Å². The molecule has 0 aliphatic carbocycles. The summed E-state index contributed by atoms with van der Waals surface area (Å²) >= 11 is 0. The van der Waals surface area contributed by atoms with E-state index < -0.39 is 0 Å². The predicted octanol–water partition coefficient (Wildman–Crippen LogP) is 15.8. The number of hydrogen-bond donors (Lipinski definition) is 0. The van der Waals surface area contributed by atoms with Crippen LogP contribution in [0.4, 0.5) is 0 Å². The second kappa shape index (κ2) is 13.4. The number of fused-ring (bicyclic) bond motifs is 8. The molecule has 10 aromatic carbocycles. The third-order valence-electron chi connectivity index (χ3n) is 12.8. The molecule has 12 rings (SSSR count). The van der Waals surface area contributed by atoms with Gasteiger partial charge in [0.1, 0.15) is 0 Å². The highest BCUT2D eigenvalue weighted by molar-refractivity contribution is 6.21. The van der Waals surface area contributed by atoms with E-state index in [-0.39, 0.29) is 0 Å². The first kappa shape index (κ1) is 34.4. The van der Waals surface area contributed by atoms with E-state index in [0.29, 0.717) is 0 Å².